The number of nitrogens with one attached hydrogen (secondary N) is 1. The Hall–Kier alpha value is -3.06. The Balaban J connectivity index is 1.81. The van der Waals surface area contributed by atoms with E-state index in [1.54, 1.807) is 18.2 Å². The molecule has 0 saturated heterocycles. The standard InChI is InChI=1S/C18H15ClN2O5/c1-10-2-4-12(7-13(10)19)20-16(22)8-21-14-6-11(18(24)25)3-5-15(14)26-9-17(21)23/h2-7H,8-9H2,1H3,(H,20,22)(H,24,25). The predicted molar refractivity (Wildman–Crippen MR) is 96.1 cm³/mol. The highest BCUT2D eigenvalue weighted by Crippen LogP contribution is 2.33. The minimum absolute atomic E-state index is 0.00206. The lowest BCUT2D eigenvalue weighted by Gasteiger charge is -2.29. The molecule has 134 valence electrons. The Kier molecular flexibility index (Phi) is 4.81. The third-order valence-electron chi connectivity index (χ3n) is 3.91. The number of anilines is 2. The van der Waals surface area contributed by atoms with Crippen LogP contribution in [0.3, 0.4) is 0 Å². The molecule has 26 heavy (non-hydrogen) atoms. The normalized spacial score (nSPS) is 13.0. The van der Waals surface area contributed by atoms with Crippen molar-refractivity contribution in [2.45, 2.75) is 6.92 Å². The number of amides is 2. The van der Waals surface area contributed by atoms with Gasteiger partial charge in [0.1, 0.15) is 12.3 Å². The maximum atomic E-state index is 12.3. The van der Waals surface area contributed by atoms with Crippen LogP contribution < -0.4 is 15.0 Å². The zero-order valence-corrected chi connectivity index (χ0v) is 14.5. The number of benzene rings is 2. The van der Waals surface area contributed by atoms with Crippen molar-refractivity contribution >= 4 is 40.8 Å². The van der Waals surface area contributed by atoms with Crippen LogP contribution in [0.5, 0.6) is 5.75 Å². The number of aryl methyl sites for hydroxylation is 1. The van der Waals surface area contributed by atoms with Crippen molar-refractivity contribution in [2.24, 2.45) is 0 Å². The van der Waals surface area contributed by atoms with Crippen molar-refractivity contribution < 1.29 is 24.2 Å². The molecule has 3 rings (SSSR count). The number of halogens is 1. The van der Waals surface area contributed by atoms with Crippen molar-refractivity contribution in [1.82, 2.24) is 0 Å². The second kappa shape index (κ2) is 7.05. The van der Waals surface area contributed by atoms with Gasteiger partial charge in [-0.25, -0.2) is 4.79 Å². The van der Waals surface area contributed by atoms with Gasteiger partial charge in [0.2, 0.25) is 5.91 Å². The fourth-order valence-corrected chi connectivity index (χ4v) is 2.70. The molecule has 0 aromatic heterocycles. The van der Waals surface area contributed by atoms with E-state index in [4.69, 9.17) is 21.4 Å². The van der Waals surface area contributed by atoms with Crippen molar-refractivity contribution in [1.29, 1.82) is 0 Å². The van der Waals surface area contributed by atoms with Crippen molar-refractivity contribution in [2.75, 3.05) is 23.4 Å². The lowest BCUT2D eigenvalue weighted by molar-refractivity contribution is -0.123. The first-order valence-electron chi connectivity index (χ1n) is 7.71. The van der Waals surface area contributed by atoms with Gasteiger partial charge in [0.05, 0.1) is 11.3 Å². The van der Waals surface area contributed by atoms with E-state index in [0.717, 1.165) is 5.56 Å². The molecule has 2 aromatic rings. The molecule has 0 atom stereocenters. The molecular formula is C18H15ClN2O5. The van der Waals surface area contributed by atoms with Gasteiger partial charge >= 0.3 is 5.97 Å². The molecule has 1 heterocycles. The van der Waals surface area contributed by atoms with Crippen LogP contribution in [-0.4, -0.2) is 36.0 Å². The molecule has 2 N–H and O–H groups in total. The van der Waals surface area contributed by atoms with Crippen LogP contribution in [0.4, 0.5) is 11.4 Å². The van der Waals surface area contributed by atoms with Crippen LogP contribution in [0.25, 0.3) is 0 Å². The number of ether oxygens (including phenoxy) is 1. The molecular weight excluding hydrogens is 360 g/mol. The van der Waals surface area contributed by atoms with E-state index in [9.17, 15) is 14.4 Å². The highest BCUT2D eigenvalue weighted by atomic mass is 35.5. The summed E-state index contributed by atoms with van der Waals surface area (Å²) in [6.45, 7) is 1.35. The summed E-state index contributed by atoms with van der Waals surface area (Å²) in [5.74, 6) is -1.66. The monoisotopic (exact) mass is 374 g/mol. The maximum Gasteiger partial charge on any atom is 0.335 e. The quantitative estimate of drug-likeness (QED) is 0.857. The van der Waals surface area contributed by atoms with Crippen LogP contribution in [0.1, 0.15) is 15.9 Å². The fourth-order valence-electron chi connectivity index (χ4n) is 2.52. The highest BCUT2D eigenvalue weighted by Gasteiger charge is 2.28. The van der Waals surface area contributed by atoms with Crippen molar-refractivity contribution in [3.05, 3.63) is 52.5 Å². The van der Waals surface area contributed by atoms with Crippen LogP contribution in [-0.2, 0) is 9.59 Å². The number of aromatic carboxylic acids is 1. The third kappa shape index (κ3) is 3.62. The average Bonchev–Trinajstić information content (AvgIpc) is 2.60. The van der Waals surface area contributed by atoms with E-state index in [2.05, 4.69) is 5.32 Å². The highest BCUT2D eigenvalue weighted by molar-refractivity contribution is 6.31. The SMILES string of the molecule is Cc1ccc(NC(=O)CN2C(=O)COc3ccc(C(=O)O)cc32)cc1Cl. The Morgan fingerprint density at radius 1 is 1.27 bits per heavy atom. The van der Waals surface area contributed by atoms with E-state index in [0.29, 0.717) is 16.5 Å². The second-order valence-electron chi connectivity index (χ2n) is 5.77. The number of carbonyl (C=O) groups excluding carboxylic acids is 2. The molecule has 1 aliphatic rings. The van der Waals surface area contributed by atoms with E-state index < -0.39 is 17.8 Å². The summed E-state index contributed by atoms with van der Waals surface area (Å²) in [5.41, 5.74) is 1.63. The minimum atomic E-state index is -1.13. The number of carboxylic acid groups (broad SMARTS) is 1. The van der Waals surface area contributed by atoms with Gasteiger partial charge in [0.25, 0.3) is 5.91 Å². The van der Waals surface area contributed by atoms with Gasteiger partial charge in [-0.3, -0.25) is 14.5 Å². The first-order chi connectivity index (χ1) is 12.3. The van der Waals surface area contributed by atoms with Gasteiger partial charge in [-0.15, -0.1) is 0 Å². The molecule has 2 amide bonds. The number of fused-ring (bicyclic) bond motifs is 1. The first kappa shape index (κ1) is 17.8. The molecule has 0 fully saturated rings. The summed E-state index contributed by atoms with van der Waals surface area (Å²) < 4.78 is 5.30. The van der Waals surface area contributed by atoms with Crippen LogP contribution >= 0.6 is 11.6 Å². The van der Waals surface area contributed by atoms with E-state index in [1.165, 1.54) is 23.1 Å². The molecule has 8 heteroatoms. The number of hydrogen-bond donors (Lipinski definition) is 2. The molecule has 0 radical (unpaired) electrons. The topological polar surface area (TPSA) is 95.9 Å². The number of hydrogen-bond acceptors (Lipinski definition) is 4. The first-order valence-corrected chi connectivity index (χ1v) is 8.09. The zero-order chi connectivity index (χ0) is 18.8. The molecule has 0 bridgehead atoms. The van der Waals surface area contributed by atoms with Gasteiger partial charge in [-0.05, 0) is 42.8 Å². The van der Waals surface area contributed by atoms with Crippen molar-refractivity contribution in [3.63, 3.8) is 0 Å². The van der Waals surface area contributed by atoms with E-state index in [1.807, 2.05) is 6.92 Å². The smallest absolute Gasteiger partial charge is 0.335 e. The van der Waals surface area contributed by atoms with Crippen molar-refractivity contribution in [3.8, 4) is 5.75 Å². The van der Waals surface area contributed by atoms with E-state index in [-0.39, 0.29) is 24.4 Å². The van der Waals surface area contributed by atoms with Gasteiger partial charge in [0.15, 0.2) is 6.61 Å². The maximum absolute atomic E-state index is 12.3. The Labute approximate surface area is 154 Å². The predicted octanol–water partition coefficient (Wildman–Crippen LogP) is 2.71. The number of carbonyl (C=O) groups is 3. The minimum Gasteiger partial charge on any atom is -0.482 e. The fraction of sp³-hybridized carbons (Fsp3) is 0.167. The van der Waals surface area contributed by atoms with Gasteiger partial charge < -0.3 is 15.2 Å². The van der Waals surface area contributed by atoms with Crippen LogP contribution in [0, 0.1) is 6.92 Å². The van der Waals surface area contributed by atoms with Crippen LogP contribution in [0.15, 0.2) is 36.4 Å². The Morgan fingerprint density at radius 3 is 2.73 bits per heavy atom. The lowest BCUT2D eigenvalue weighted by Crippen LogP contribution is -2.43. The summed E-state index contributed by atoms with van der Waals surface area (Å²) in [4.78, 5) is 36.9. The molecule has 0 saturated carbocycles. The Morgan fingerprint density at radius 2 is 2.04 bits per heavy atom. The average molecular weight is 375 g/mol. The molecule has 7 nitrogen and oxygen atoms in total. The summed E-state index contributed by atoms with van der Waals surface area (Å²) in [6.07, 6.45) is 0. The van der Waals surface area contributed by atoms with Gasteiger partial charge in [-0.2, -0.15) is 0 Å². The van der Waals surface area contributed by atoms with Gasteiger partial charge in [-0.1, -0.05) is 17.7 Å². The molecule has 0 unspecified atom stereocenters. The van der Waals surface area contributed by atoms with E-state index >= 15 is 0 Å². The lowest BCUT2D eigenvalue weighted by atomic mass is 10.1. The summed E-state index contributed by atoms with van der Waals surface area (Å²) in [7, 11) is 0. The second-order valence-corrected chi connectivity index (χ2v) is 6.18. The Bertz CT molecular complexity index is 912. The molecule has 0 aliphatic carbocycles. The van der Waals surface area contributed by atoms with Crippen LogP contribution in [0.2, 0.25) is 5.02 Å². The molecule has 1 aliphatic heterocycles. The largest absolute Gasteiger partial charge is 0.482 e. The number of rotatable bonds is 4. The number of nitrogens with zero attached hydrogens (tertiary/aromatic N) is 1. The summed E-state index contributed by atoms with van der Waals surface area (Å²) in [6, 6.07) is 9.25. The zero-order valence-electron chi connectivity index (χ0n) is 13.8. The van der Waals surface area contributed by atoms with Gasteiger partial charge in [0, 0.05) is 10.7 Å². The summed E-state index contributed by atoms with van der Waals surface area (Å²) >= 11 is 6.04. The molecule has 0 spiro atoms. The summed E-state index contributed by atoms with van der Waals surface area (Å²) in [5, 5.41) is 12.3. The number of carboxylic acids is 1. The molecule has 2 aromatic carbocycles. The third-order valence-corrected chi connectivity index (χ3v) is 4.31.